The molecule has 1 atom stereocenters. The number of hydrogen-bond acceptors (Lipinski definition) is 0. The summed E-state index contributed by atoms with van der Waals surface area (Å²) in [5.74, 6) is 0. The molecule has 0 heterocycles. The largest absolute Gasteiger partial charge is 4.00 e. The van der Waals surface area contributed by atoms with Crippen LogP contribution in [-0.4, -0.2) is 0 Å². The summed E-state index contributed by atoms with van der Waals surface area (Å²) in [4.78, 5) is 0. The molecule has 0 bridgehead atoms. The van der Waals surface area contributed by atoms with E-state index in [2.05, 4.69) is 120 Å². The van der Waals surface area contributed by atoms with E-state index in [9.17, 15) is 0 Å². The Kier molecular flexibility index (Phi) is 9.13. The minimum atomic E-state index is -0.599. The van der Waals surface area contributed by atoms with Crippen LogP contribution in [0.25, 0.3) is 21.5 Å². The summed E-state index contributed by atoms with van der Waals surface area (Å²) >= 11 is 2.42. The zero-order valence-corrected chi connectivity index (χ0v) is 22.3. The van der Waals surface area contributed by atoms with E-state index in [0.29, 0.717) is 0 Å². The number of hydrogen-bond donors (Lipinski definition) is 0. The van der Waals surface area contributed by atoms with E-state index < -0.39 is 7.92 Å². The number of benzene rings is 3. The van der Waals surface area contributed by atoms with E-state index >= 15 is 0 Å². The summed E-state index contributed by atoms with van der Waals surface area (Å²) in [6.45, 7) is 0. The normalized spacial score (nSPS) is 11.3. The molecule has 0 amide bonds. The van der Waals surface area contributed by atoms with Crippen LogP contribution in [0.4, 0.5) is 0 Å². The molecule has 0 saturated heterocycles. The van der Waals surface area contributed by atoms with Crippen LogP contribution in [0.1, 0.15) is 0 Å². The molecule has 5 aromatic carbocycles. The van der Waals surface area contributed by atoms with Crippen LogP contribution in [-0.2, 0) is 26.2 Å². The molecule has 0 fully saturated rings. The van der Waals surface area contributed by atoms with Crippen LogP contribution < -0.4 is 40.7 Å². The van der Waals surface area contributed by atoms with Crippen molar-refractivity contribution >= 4 is 68.0 Å². The molecule has 0 saturated carbocycles. The topological polar surface area (TPSA) is 0 Å². The summed E-state index contributed by atoms with van der Waals surface area (Å²) in [5.41, 5.74) is 0. The van der Waals surface area contributed by atoms with Crippen LogP contribution in [0.5, 0.6) is 0 Å². The van der Waals surface area contributed by atoms with Gasteiger partial charge in [-0.3, -0.25) is 0 Å². The van der Waals surface area contributed by atoms with Gasteiger partial charge in [0, 0.05) is 0 Å². The molecule has 0 aromatic heterocycles. The summed E-state index contributed by atoms with van der Waals surface area (Å²) < 4.78 is 1.31. The number of rotatable bonds is 3. The molecule has 0 aliphatic carbocycles. The Morgan fingerprint density at radius 2 is 1.52 bits per heavy atom. The van der Waals surface area contributed by atoms with Gasteiger partial charge in [0.1, 0.15) is 0 Å². The van der Waals surface area contributed by atoms with Gasteiger partial charge in [-0.15, -0.1) is 64.0 Å². The Morgan fingerprint density at radius 1 is 0.793 bits per heavy atom. The molecule has 29 heavy (non-hydrogen) atoms. The zero-order chi connectivity index (χ0) is 17.5. The summed E-state index contributed by atoms with van der Waals surface area (Å²) in [5, 5.41) is 9.73. The van der Waals surface area contributed by atoms with Crippen molar-refractivity contribution in [1.29, 1.82) is 0 Å². The second-order valence-electron chi connectivity index (χ2n) is 6.43. The number of halogens is 3. The Bertz CT molecular complexity index is 1210. The number of fused-ring (bicyclic) bond motifs is 2. The maximum absolute atomic E-state index is 2.42. The molecular formula is C24H16Cl2IPZr. The molecule has 5 heteroatoms. The first-order valence-corrected chi connectivity index (χ1v) is 11.1. The third-order valence-corrected chi connectivity index (χ3v) is 8.03. The first kappa shape index (κ1) is 24.8. The third kappa shape index (κ3) is 4.73. The Morgan fingerprint density at radius 3 is 2.31 bits per heavy atom. The summed E-state index contributed by atoms with van der Waals surface area (Å²) in [6.07, 6.45) is 0. The van der Waals surface area contributed by atoms with Crippen LogP contribution in [0.15, 0.2) is 97.1 Å². The SMILES string of the molecule is Ic1cc2c(P(c3ccccc3)[c-]3ccc4ccccc43)cccc2[cH-]1.[Cl-].[Cl-].[Zr+4]. The van der Waals surface area contributed by atoms with Gasteiger partial charge in [-0.05, 0) is 5.30 Å². The van der Waals surface area contributed by atoms with Crippen LogP contribution in [0, 0.1) is 3.57 Å². The predicted molar refractivity (Wildman–Crippen MR) is 124 cm³/mol. The molecule has 0 nitrogen and oxygen atoms in total. The van der Waals surface area contributed by atoms with Crippen molar-refractivity contribution in [2.45, 2.75) is 0 Å². The molecule has 0 radical (unpaired) electrons. The van der Waals surface area contributed by atoms with Gasteiger partial charge in [0.25, 0.3) is 0 Å². The van der Waals surface area contributed by atoms with Crippen LogP contribution in [0.3, 0.4) is 0 Å². The van der Waals surface area contributed by atoms with Gasteiger partial charge >= 0.3 is 26.2 Å². The average Bonchev–Trinajstić information content (AvgIpc) is 3.26. The van der Waals surface area contributed by atoms with Gasteiger partial charge in [-0.1, -0.05) is 87.2 Å². The van der Waals surface area contributed by atoms with Crippen molar-refractivity contribution in [3.05, 3.63) is 101 Å². The average molecular weight is 624 g/mol. The van der Waals surface area contributed by atoms with E-state index in [-0.39, 0.29) is 51.0 Å². The molecule has 0 aliphatic rings. The van der Waals surface area contributed by atoms with Gasteiger partial charge in [0.2, 0.25) is 0 Å². The van der Waals surface area contributed by atoms with Crippen molar-refractivity contribution in [2.24, 2.45) is 0 Å². The second-order valence-corrected chi connectivity index (χ2v) is 9.83. The van der Waals surface area contributed by atoms with Crippen molar-refractivity contribution in [2.75, 3.05) is 0 Å². The van der Waals surface area contributed by atoms with E-state index in [1.54, 1.807) is 0 Å². The first-order valence-electron chi connectivity index (χ1n) is 8.66. The Balaban J connectivity index is 0.000001000. The fourth-order valence-electron chi connectivity index (χ4n) is 3.69. The van der Waals surface area contributed by atoms with Gasteiger partial charge in [0.05, 0.1) is 0 Å². The molecule has 0 aliphatic heterocycles. The maximum Gasteiger partial charge on any atom is 4.00 e. The molecule has 0 N–H and O–H groups in total. The van der Waals surface area contributed by atoms with Crippen molar-refractivity contribution in [1.82, 2.24) is 0 Å². The molecule has 0 spiro atoms. The van der Waals surface area contributed by atoms with Crippen molar-refractivity contribution in [3.63, 3.8) is 0 Å². The molecule has 5 rings (SSSR count). The molecule has 5 aromatic rings. The predicted octanol–water partition coefficient (Wildman–Crippen LogP) is -0.201. The Labute approximate surface area is 217 Å². The zero-order valence-electron chi connectivity index (χ0n) is 15.3. The molecule has 142 valence electrons. The van der Waals surface area contributed by atoms with Crippen molar-refractivity contribution in [3.8, 4) is 0 Å². The third-order valence-electron chi connectivity index (χ3n) is 4.85. The summed E-state index contributed by atoms with van der Waals surface area (Å²) in [6, 6.07) is 35.7. The van der Waals surface area contributed by atoms with E-state index in [1.807, 2.05) is 0 Å². The fourth-order valence-corrected chi connectivity index (χ4v) is 6.96. The maximum atomic E-state index is 2.42. The van der Waals surface area contributed by atoms with Crippen LogP contribution in [0.2, 0.25) is 0 Å². The monoisotopic (exact) mass is 622 g/mol. The van der Waals surface area contributed by atoms with Crippen molar-refractivity contribution < 1.29 is 51.0 Å². The second kappa shape index (κ2) is 10.7. The van der Waals surface area contributed by atoms with Gasteiger partial charge in [-0.2, -0.15) is 12.1 Å². The van der Waals surface area contributed by atoms with Gasteiger partial charge in [-0.25, -0.2) is 0 Å². The van der Waals surface area contributed by atoms with E-state index in [1.165, 1.54) is 41.0 Å². The minimum Gasteiger partial charge on any atom is -1.00 e. The molecule has 1 unspecified atom stereocenters. The first-order chi connectivity index (χ1) is 12.8. The molecular weight excluding hydrogens is 608 g/mol. The van der Waals surface area contributed by atoms with Gasteiger partial charge in [0.15, 0.2) is 0 Å². The quantitative estimate of drug-likeness (QED) is 0.148. The smallest absolute Gasteiger partial charge is 1.00 e. The van der Waals surface area contributed by atoms with Crippen LogP contribution >= 0.6 is 30.5 Å². The van der Waals surface area contributed by atoms with E-state index in [0.717, 1.165) is 0 Å². The minimum absolute atomic E-state index is 0. The summed E-state index contributed by atoms with van der Waals surface area (Å²) in [7, 11) is -0.599. The standard InChI is InChI=1S/C24H16IP.2ClH.Zr/c25-19-15-18-8-6-12-23(22(18)16-19)26(20-9-2-1-3-10-20)24-14-13-17-7-4-5-11-21(17)24;;;/h1-16H;2*1H;/q-2;;;+4/p-2. The van der Waals surface area contributed by atoms with Gasteiger partial charge < -0.3 is 24.8 Å². The Hall–Kier alpha value is -0.497. The van der Waals surface area contributed by atoms with E-state index in [4.69, 9.17) is 0 Å². The fraction of sp³-hybridized carbons (Fsp3) is 0.